The van der Waals surface area contributed by atoms with Gasteiger partial charge in [0.15, 0.2) is 16.7 Å². The molecule has 0 unspecified atom stereocenters. The first-order valence-electron chi connectivity index (χ1n) is 10.6. The van der Waals surface area contributed by atoms with Gasteiger partial charge in [-0.3, -0.25) is 0 Å². The van der Waals surface area contributed by atoms with Gasteiger partial charge in [0.25, 0.3) is 0 Å². The summed E-state index contributed by atoms with van der Waals surface area (Å²) < 4.78 is 31.9. The molecule has 164 valence electrons. The predicted molar refractivity (Wildman–Crippen MR) is 126 cm³/mol. The van der Waals surface area contributed by atoms with Crippen LogP contribution < -0.4 is 4.74 Å². The third-order valence-electron chi connectivity index (χ3n) is 4.97. The topological polar surface area (TPSA) is 37.9 Å². The number of hydrogen-bond acceptors (Lipinski definition) is 3. The molecule has 4 rings (SSSR count). The Balaban J connectivity index is 1.29. The summed E-state index contributed by atoms with van der Waals surface area (Å²) in [4.78, 5) is 8.34. The van der Waals surface area contributed by atoms with Gasteiger partial charge in [-0.1, -0.05) is 72.4 Å². The summed E-state index contributed by atoms with van der Waals surface area (Å²) in [6.45, 7) is 0.407. The normalized spacial score (nSPS) is 10.9. The molecule has 0 radical (unpaired) electrons. The summed E-state index contributed by atoms with van der Waals surface area (Å²) in [7, 11) is 0. The molecular formula is C26H24F2N2OS. The van der Waals surface area contributed by atoms with E-state index >= 15 is 0 Å². The summed E-state index contributed by atoms with van der Waals surface area (Å²) in [5.74, 6) is -0.253. The SMILES string of the molecule is Fc1ccc(OCCCCCSc2nc(-c3ccccc3)c(-c3ccccc3)[nH]2)c(F)c1. The van der Waals surface area contributed by atoms with Crippen LogP contribution in [-0.4, -0.2) is 22.3 Å². The second kappa shape index (κ2) is 11.0. The minimum Gasteiger partial charge on any atom is -0.491 e. The van der Waals surface area contributed by atoms with E-state index in [1.807, 2.05) is 36.4 Å². The van der Waals surface area contributed by atoms with Crippen molar-refractivity contribution in [1.29, 1.82) is 0 Å². The zero-order valence-electron chi connectivity index (χ0n) is 17.6. The van der Waals surface area contributed by atoms with Crippen molar-refractivity contribution in [1.82, 2.24) is 9.97 Å². The van der Waals surface area contributed by atoms with Crippen LogP contribution in [0.15, 0.2) is 84.0 Å². The lowest BCUT2D eigenvalue weighted by Crippen LogP contribution is -1.99. The van der Waals surface area contributed by atoms with Crippen LogP contribution in [0.5, 0.6) is 5.75 Å². The second-order valence-corrected chi connectivity index (χ2v) is 8.41. The molecule has 6 heteroatoms. The van der Waals surface area contributed by atoms with Crippen LogP contribution in [0.4, 0.5) is 8.78 Å². The van der Waals surface area contributed by atoms with Crippen molar-refractivity contribution in [2.24, 2.45) is 0 Å². The van der Waals surface area contributed by atoms with E-state index in [1.54, 1.807) is 11.8 Å². The summed E-state index contributed by atoms with van der Waals surface area (Å²) in [6.07, 6.45) is 2.75. The van der Waals surface area contributed by atoms with Gasteiger partial charge in [-0.2, -0.15) is 0 Å². The lowest BCUT2D eigenvalue weighted by atomic mass is 10.1. The van der Waals surface area contributed by atoms with Gasteiger partial charge in [-0.15, -0.1) is 0 Å². The monoisotopic (exact) mass is 450 g/mol. The average molecular weight is 451 g/mol. The summed E-state index contributed by atoms with van der Waals surface area (Å²) in [5, 5.41) is 0.896. The lowest BCUT2D eigenvalue weighted by molar-refractivity contribution is 0.291. The molecule has 0 atom stereocenters. The maximum atomic E-state index is 13.6. The standard InChI is InChI=1S/C26H24F2N2OS/c27-21-14-15-23(22(28)18-21)31-16-8-3-9-17-32-26-29-24(19-10-4-1-5-11-19)25(30-26)20-12-6-2-7-13-20/h1-2,4-7,10-15,18H,3,8-9,16-17H2,(H,29,30). The Morgan fingerprint density at radius 2 is 1.53 bits per heavy atom. The van der Waals surface area contributed by atoms with Gasteiger partial charge in [0.1, 0.15) is 5.82 Å². The highest BCUT2D eigenvalue weighted by atomic mass is 32.2. The number of imidazole rings is 1. The number of unbranched alkanes of at least 4 members (excludes halogenated alkanes) is 2. The highest BCUT2D eigenvalue weighted by Gasteiger charge is 2.14. The molecule has 0 fully saturated rings. The van der Waals surface area contributed by atoms with E-state index in [4.69, 9.17) is 9.72 Å². The van der Waals surface area contributed by atoms with Crippen molar-refractivity contribution in [3.05, 3.63) is 90.5 Å². The van der Waals surface area contributed by atoms with Gasteiger partial charge in [0.05, 0.1) is 18.0 Å². The highest BCUT2D eigenvalue weighted by Crippen LogP contribution is 2.32. The van der Waals surface area contributed by atoms with Crippen molar-refractivity contribution in [3.8, 4) is 28.3 Å². The summed E-state index contributed by atoms with van der Waals surface area (Å²) >= 11 is 1.69. The molecule has 0 aliphatic heterocycles. The van der Waals surface area contributed by atoms with Gasteiger partial charge in [-0.05, 0) is 31.4 Å². The quantitative estimate of drug-likeness (QED) is 0.203. The fraction of sp³-hybridized carbons (Fsp3) is 0.192. The third kappa shape index (κ3) is 5.77. The molecule has 0 bridgehead atoms. The van der Waals surface area contributed by atoms with Crippen LogP contribution in [0, 0.1) is 11.6 Å². The number of halogens is 2. The molecule has 1 N–H and O–H groups in total. The molecule has 0 aliphatic carbocycles. The maximum Gasteiger partial charge on any atom is 0.167 e. The third-order valence-corrected chi connectivity index (χ3v) is 5.93. The van der Waals surface area contributed by atoms with E-state index in [9.17, 15) is 8.78 Å². The number of H-pyrrole nitrogens is 1. The fourth-order valence-electron chi connectivity index (χ4n) is 3.36. The predicted octanol–water partition coefficient (Wildman–Crippen LogP) is 7.36. The van der Waals surface area contributed by atoms with E-state index in [0.717, 1.165) is 58.8 Å². The molecule has 3 aromatic carbocycles. The number of benzene rings is 3. The number of hydrogen-bond donors (Lipinski definition) is 1. The first-order valence-corrected chi connectivity index (χ1v) is 11.6. The molecule has 0 amide bonds. The van der Waals surface area contributed by atoms with Crippen LogP contribution in [0.3, 0.4) is 0 Å². The number of rotatable bonds is 10. The van der Waals surface area contributed by atoms with Crippen LogP contribution in [0.1, 0.15) is 19.3 Å². The van der Waals surface area contributed by atoms with E-state index in [-0.39, 0.29) is 5.75 Å². The molecule has 0 saturated heterocycles. The Labute approximate surface area is 190 Å². The van der Waals surface area contributed by atoms with Crippen molar-refractivity contribution < 1.29 is 13.5 Å². The van der Waals surface area contributed by atoms with Crippen LogP contribution in [0.2, 0.25) is 0 Å². The van der Waals surface area contributed by atoms with Crippen molar-refractivity contribution >= 4 is 11.8 Å². The second-order valence-electron chi connectivity index (χ2n) is 7.33. The largest absolute Gasteiger partial charge is 0.491 e. The molecule has 0 spiro atoms. The van der Waals surface area contributed by atoms with Crippen molar-refractivity contribution in [3.63, 3.8) is 0 Å². The zero-order valence-corrected chi connectivity index (χ0v) is 18.4. The molecule has 3 nitrogen and oxygen atoms in total. The Bertz CT molecular complexity index is 1080. The van der Waals surface area contributed by atoms with Gasteiger partial charge >= 0.3 is 0 Å². The van der Waals surface area contributed by atoms with Crippen molar-refractivity contribution in [2.45, 2.75) is 24.4 Å². The van der Waals surface area contributed by atoms with Crippen LogP contribution in [-0.2, 0) is 0 Å². The fourth-order valence-corrected chi connectivity index (χ4v) is 4.23. The molecular weight excluding hydrogens is 426 g/mol. The molecule has 1 heterocycles. The van der Waals surface area contributed by atoms with E-state index in [1.165, 1.54) is 12.1 Å². The average Bonchev–Trinajstić information content (AvgIpc) is 3.25. The number of nitrogens with one attached hydrogen (secondary N) is 1. The number of nitrogens with zero attached hydrogens (tertiary/aromatic N) is 1. The number of thioether (sulfide) groups is 1. The smallest absolute Gasteiger partial charge is 0.167 e. The molecule has 32 heavy (non-hydrogen) atoms. The van der Waals surface area contributed by atoms with Crippen LogP contribution >= 0.6 is 11.8 Å². The molecule has 1 aromatic heterocycles. The van der Waals surface area contributed by atoms with E-state index in [0.29, 0.717) is 6.61 Å². The highest BCUT2D eigenvalue weighted by molar-refractivity contribution is 7.99. The van der Waals surface area contributed by atoms with Gasteiger partial charge in [0.2, 0.25) is 0 Å². The molecule has 0 saturated carbocycles. The molecule has 0 aliphatic rings. The number of ether oxygens (including phenoxy) is 1. The van der Waals surface area contributed by atoms with E-state index in [2.05, 4.69) is 29.2 Å². The number of aromatic amines is 1. The Morgan fingerprint density at radius 3 is 2.25 bits per heavy atom. The zero-order chi connectivity index (χ0) is 22.2. The first-order chi connectivity index (χ1) is 15.7. The Morgan fingerprint density at radius 1 is 0.812 bits per heavy atom. The lowest BCUT2D eigenvalue weighted by Gasteiger charge is -2.07. The van der Waals surface area contributed by atoms with Crippen LogP contribution in [0.25, 0.3) is 22.5 Å². The summed E-state index contributed by atoms with van der Waals surface area (Å²) in [5.41, 5.74) is 4.17. The van der Waals surface area contributed by atoms with Crippen molar-refractivity contribution in [2.75, 3.05) is 12.4 Å². The van der Waals surface area contributed by atoms with Gasteiger partial charge in [0, 0.05) is 22.9 Å². The Hall–Kier alpha value is -3.12. The van der Waals surface area contributed by atoms with Gasteiger partial charge < -0.3 is 9.72 Å². The maximum absolute atomic E-state index is 13.6. The summed E-state index contributed by atoms with van der Waals surface area (Å²) in [6, 6.07) is 23.8. The number of aromatic nitrogens is 2. The van der Waals surface area contributed by atoms with E-state index < -0.39 is 11.6 Å². The Kier molecular flexibility index (Phi) is 7.56. The minimum absolute atomic E-state index is 0.0956. The first kappa shape index (κ1) is 22.1. The minimum atomic E-state index is -0.665. The molecule has 4 aromatic rings. The van der Waals surface area contributed by atoms with Gasteiger partial charge in [-0.25, -0.2) is 13.8 Å².